The lowest BCUT2D eigenvalue weighted by atomic mass is 9.75. The van der Waals surface area contributed by atoms with Gasteiger partial charge in [-0.2, -0.15) is 0 Å². The van der Waals surface area contributed by atoms with Gasteiger partial charge >= 0.3 is 7.12 Å². The molecule has 1 aromatic rings. The van der Waals surface area contributed by atoms with Gasteiger partial charge in [-0.15, -0.1) is 10.2 Å². The first-order chi connectivity index (χ1) is 10.6. The van der Waals surface area contributed by atoms with Crippen LogP contribution in [-0.2, 0) is 21.2 Å². The molecule has 1 saturated heterocycles. The summed E-state index contributed by atoms with van der Waals surface area (Å²) in [6, 6.07) is 0. The maximum atomic E-state index is 12.1. The van der Waals surface area contributed by atoms with Gasteiger partial charge in [0.1, 0.15) is 6.33 Å². The highest BCUT2D eigenvalue weighted by atomic mass is 32.2. The molecule has 7 nitrogen and oxygen atoms in total. The highest BCUT2D eigenvalue weighted by Crippen LogP contribution is 2.24. The van der Waals surface area contributed by atoms with E-state index in [9.17, 15) is 4.79 Å². The Bertz CT molecular complexity index is 606. The summed E-state index contributed by atoms with van der Waals surface area (Å²) in [5.74, 6) is 0.656. The Morgan fingerprint density at radius 1 is 1.68 bits per heavy atom. The van der Waals surface area contributed by atoms with Crippen molar-refractivity contribution in [1.82, 2.24) is 20.1 Å². The zero-order valence-electron chi connectivity index (χ0n) is 12.3. The van der Waals surface area contributed by atoms with E-state index in [1.54, 1.807) is 10.9 Å². The number of thioether (sulfide) groups is 1. The molecule has 3 rings (SSSR count). The van der Waals surface area contributed by atoms with E-state index < -0.39 is 7.12 Å². The van der Waals surface area contributed by atoms with E-state index in [1.807, 2.05) is 19.2 Å². The monoisotopic (exact) mass is 320 g/mol. The smallest absolute Gasteiger partial charge is 0.538 e. The average molecular weight is 320 g/mol. The Morgan fingerprint density at radius 3 is 3.32 bits per heavy atom. The minimum absolute atomic E-state index is 0.0128. The highest BCUT2D eigenvalue weighted by molar-refractivity contribution is 7.99. The fourth-order valence-corrected chi connectivity index (χ4v) is 3.07. The predicted octanol–water partition coefficient (Wildman–Crippen LogP) is 0.698. The molecule has 116 valence electrons. The molecule has 2 atom stereocenters. The molecule has 0 aromatic carbocycles. The Labute approximate surface area is 133 Å². The molecular weight excluding hydrogens is 303 g/mol. The van der Waals surface area contributed by atoms with E-state index in [1.165, 1.54) is 11.8 Å². The van der Waals surface area contributed by atoms with Crippen LogP contribution in [0.15, 0.2) is 36.0 Å². The van der Waals surface area contributed by atoms with Gasteiger partial charge in [-0.05, 0) is 6.42 Å². The van der Waals surface area contributed by atoms with Gasteiger partial charge in [-0.3, -0.25) is 4.79 Å². The van der Waals surface area contributed by atoms with Crippen molar-refractivity contribution in [3.05, 3.63) is 30.8 Å². The summed E-state index contributed by atoms with van der Waals surface area (Å²) in [7, 11) is 1.36. The summed E-state index contributed by atoms with van der Waals surface area (Å²) < 4.78 is 13.2. The van der Waals surface area contributed by atoms with Gasteiger partial charge in [0.2, 0.25) is 5.91 Å². The van der Waals surface area contributed by atoms with E-state index in [4.69, 9.17) is 9.31 Å². The molecule has 0 unspecified atom stereocenters. The minimum Gasteiger partial charge on any atom is -0.538 e. The van der Waals surface area contributed by atoms with Crippen molar-refractivity contribution in [3.8, 4) is 0 Å². The Hall–Kier alpha value is -1.74. The molecule has 1 amide bonds. The molecule has 22 heavy (non-hydrogen) atoms. The van der Waals surface area contributed by atoms with Crippen LogP contribution in [0.25, 0.3) is 0 Å². The van der Waals surface area contributed by atoms with Gasteiger partial charge in [0.05, 0.1) is 23.6 Å². The predicted molar refractivity (Wildman–Crippen MR) is 82.9 cm³/mol. The third kappa shape index (κ3) is 3.53. The number of aromatic nitrogens is 3. The first kappa shape index (κ1) is 15.2. The molecule has 3 heterocycles. The van der Waals surface area contributed by atoms with Gasteiger partial charge in [-0.25, -0.2) is 0 Å². The second-order valence-corrected chi connectivity index (χ2v) is 6.20. The lowest BCUT2D eigenvalue weighted by molar-refractivity contribution is -0.119. The normalized spacial score (nSPS) is 23.9. The molecule has 0 spiro atoms. The number of carbonyl (C=O) groups excluding carboxylic acids is 1. The number of aryl methyl sites for hydroxylation is 1. The minimum atomic E-state index is -0.481. The fourth-order valence-electron chi connectivity index (χ4n) is 2.37. The van der Waals surface area contributed by atoms with Crippen molar-refractivity contribution in [2.45, 2.75) is 30.0 Å². The van der Waals surface area contributed by atoms with Crippen LogP contribution in [-0.4, -0.2) is 45.6 Å². The van der Waals surface area contributed by atoms with E-state index in [0.717, 1.165) is 0 Å². The second kappa shape index (κ2) is 6.57. The third-order valence-corrected chi connectivity index (χ3v) is 4.47. The van der Waals surface area contributed by atoms with Crippen LogP contribution in [0.4, 0.5) is 0 Å². The Morgan fingerprint density at radius 2 is 2.55 bits per heavy atom. The lowest BCUT2D eigenvalue weighted by Crippen LogP contribution is -2.51. The van der Waals surface area contributed by atoms with E-state index in [2.05, 4.69) is 22.1 Å². The molecule has 2 aliphatic rings. The van der Waals surface area contributed by atoms with Crippen LogP contribution in [0.3, 0.4) is 0 Å². The second-order valence-electron chi connectivity index (χ2n) is 5.25. The topological polar surface area (TPSA) is 78.3 Å². The zero-order chi connectivity index (χ0) is 15.5. The van der Waals surface area contributed by atoms with Gasteiger partial charge in [0, 0.05) is 13.5 Å². The summed E-state index contributed by atoms with van der Waals surface area (Å²) >= 11 is 1.34. The number of carbonyl (C=O) groups is 1. The van der Waals surface area contributed by atoms with Crippen molar-refractivity contribution in [1.29, 1.82) is 0 Å². The Balaban J connectivity index is 1.55. The third-order valence-electron chi connectivity index (χ3n) is 3.44. The number of nitrogens with zero attached hydrogens (tertiary/aromatic N) is 3. The number of hydrogen-bond acceptors (Lipinski definition) is 6. The average Bonchev–Trinajstić information content (AvgIpc) is 2.82. The van der Waals surface area contributed by atoms with Crippen LogP contribution >= 0.6 is 11.8 Å². The standard InChI is InChI=1S/C13H17BN4O3S/c1-9-6-10-4-3-5-11(14(20-9)21-10)16-12(19)7-22-13-17-15-8-18(13)2/h3-4,8,10-11H,1,5-7H2,2H3,(H,16,19)/t10-,11+/m1/s1. The molecule has 0 saturated carbocycles. The van der Waals surface area contributed by atoms with Crippen molar-refractivity contribution in [3.63, 3.8) is 0 Å². The van der Waals surface area contributed by atoms with Crippen LogP contribution < -0.4 is 5.32 Å². The van der Waals surface area contributed by atoms with Gasteiger partial charge in [0.25, 0.3) is 0 Å². The number of hydrogen-bond donors (Lipinski definition) is 1. The molecule has 1 N–H and O–H groups in total. The van der Waals surface area contributed by atoms with Crippen LogP contribution in [0.2, 0.25) is 0 Å². The van der Waals surface area contributed by atoms with Gasteiger partial charge < -0.3 is 19.2 Å². The molecule has 2 bridgehead atoms. The molecule has 2 aliphatic heterocycles. The summed E-state index contributed by atoms with van der Waals surface area (Å²) in [5.41, 5.74) is 0. The van der Waals surface area contributed by atoms with Gasteiger partial charge in [-0.1, -0.05) is 30.5 Å². The van der Waals surface area contributed by atoms with Crippen LogP contribution in [0.5, 0.6) is 0 Å². The quantitative estimate of drug-likeness (QED) is 0.500. The zero-order valence-corrected chi connectivity index (χ0v) is 13.1. The molecule has 0 radical (unpaired) electrons. The van der Waals surface area contributed by atoms with Crippen molar-refractivity contribution < 1.29 is 14.1 Å². The summed E-state index contributed by atoms with van der Waals surface area (Å²) in [4.78, 5) is 12.1. The number of rotatable bonds is 4. The van der Waals surface area contributed by atoms with Crippen molar-refractivity contribution in [2.75, 3.05) is 5.75 Å². The highest BCUT2D eigenvalue weighted by Gasteiger charge is 2.40. The summed E-state index contributed by atoms with van der Waals surface area (Å²) in [6.07, 6.45) is 6.95. The first-order valence-corrected chi connectivity index (χ1v) is 8.03. The maximum absolute atomic E-state index is 12.1. The van der Waals surface area contributed by atoms with E-state index >= 15 is 0 Å². The van der Waals surface area contributed by atoms with E-state index in [-0.39, 0.29) is 23.7 Å². The molecule has 1 aromatic heterocycles. The number of fused-ring (bicyclic) bond motifs is 2. The van der Waals surface area contributed by atoms with E-state index in [0.29, 0.717) is 23.8 Å². The molecule has 0 aliphatic carbocycles. The first-order valence-electron chi connectivity index (χ1n) is 7.04. The SMILES string of the molecule is C=C1C[C@H]2C=CC[C@H](NC(=O)CSc3nncn3C)B(O1)O2. The largest absolute Gasteiger partial charge is 0.549 e. The Kier molecular flexibility index (Phi) is 4.53. The number of amides is 1. The lowest BCUT2D eigenvalue weighted by Gasteiger charge is -2.30. The molecule has 1 fully saturated rings. The van der Waals surface area contributed by atoms with Crippen molar-refractivity contribution >= 4 is 24.8 Å². The summed E-state index contributed by atoms with van der Waals surface area (Å²) in [6.45, 7) is 3.86. The molecular formula is C13H17BN4O3S. The van der Waals surface area contributed by atoms with Crippen LogP contribution in [0.1, 0.15) is 12.8 Å². The summed E-state index contributed by atoms with van der Waals surface area (Å²) in [5, 5.41) is 11.4. The number of nitrogens with one attached hydrogen (secondary N) is 1. The molecule has 9 heteroatoms. The maximum Gasteiger partial charge on any atom is 0.549 e. The fraction of sp³-hybridized carbons (Fsp3) is 0.462. The van der Waals surface area contributed by atoms with Crippen molar-refractivity contribution in [2.24, 2.45) is 7.05 Å². The van der Waals surface area contributed by atoms with Gasteiger partial charge in [0.15, 0.2) is 5.16 Å². The van der Waals surface area contributed by atoms with Crippen LogP contribution in [0, 0.1) is 0 Å².